The zero-order valence-corrected chi connectivity index (χ0v) is 23.2. The number of hydrazone groups is 1. The minimum absolute atomic E-state index is 0.0741. The van der Waals surface area contributed by atoms with Crippen LogP contribution in [-0.4, -0.2) is 31.7 Å². The van der Waals surface area contributed by atoms with Gasteiger partial charge in [0.25, 0.3) is 15.9 Å². The van der Waals surface area contributed by atoms with Crippen molar-refractivity contribution in [2.24, 2.45) is 5.10 Å². The van der Waals surface area contributed by atoms with E-state index < -0.39 is 22.5 Å². The zero-order valence-electron chi connectivity index (χ0n) is 21.6. The summed E-state index contributed by atoms with van der Waals surface area (Å²) in [5.74, 6) is -0.584. The topological polar surface area (TPSA) is 83.8 Å². The fraction of sp³-hybridized carbons (Fsp3) is 0.172. The van der Waals surface area contributed by atoms with Gasteiger partial charge in [0.05, 0.1) is 16.8 Å². The second-order valence-corrected chi connectivity index (χ2v) is 11.4. The van der Waals surface area contributed by atoms with Crippen LogP contribution in [0.15, 0.2) is 88.9 Å². The lowest BCUT2D eigenvalue weighted by molar-refractivity contribution is -0.119. The Kier molecular flexibility index (Phi) is 8.04. The van der Waals surface area contributed by atoms with Crippen LogP contribution < -0.4 is 9.73 Å². The summed E-state index contributed by atoms with van der Waals surface area (Å²) in [5.41, 5.74) is 9.03. The molecule has 3 aromatic carbocycles. The average Bonchev–Trinajstić information content (AvgIpc) is 3.15. The highest BCUT2D eigenvalue weighted by atomic mass is 35.5. The summed E-state index contributed by atoms with van der Waals surface area (Å²) in [4.78, 5) is 12.9. The fourth-order valence-electron chi connectivity index (χ4n) is 4.38. The first-order valence-corrected chi connectivity index (χ1v) is 13.8. The number of sulfonamides is 1. The molecule has 0 aliphatic carbocycles. The highest BCUT2D eigenvalue weighted by Gasteiger charge is 2.27. The molecule has 1 amide bonds. The first-order chi connectivity index (χ1) is 18.1. The first-order valence-electron chi connectivity index (χ1n) is 12.0. The second kappa shape index (κ2) is 11.2. The molecule has 4 rings (SSSR count). The summed E-state index contributed by atoms with van der Waals surface area (Å²) in [7, 11) is -4.01. The fourth-order valence-corrected chi connectivity index (χ4v) is 5.95. The average molecular weight is 549 g/mol. The van der Waals surface area contributed by atoms with Gasteiger partial charge in [-0.3, -0.25) is 9.10 Å². The number of aryl methyl sites for hydroxylation is 3. The highest BCUT2D eigenvalue weighted by molar-refractivity contribution is 7.92. The molecular weight excluding hydrogens is 520 g/mol. The number of carbonyl (C=O) groups is 1. The van der Waals surface area contributed by atoms with E-state index in [4.69, 9.17) is 11.6 Å². The quantitative estimate of drug-likeness (QED) is 0.226. The molecule has 4 aromatic rings. The number of hydrogen-bond donors (Lipinski definition) is 1. The van der Waals surface area contributed by atoms with E-state index in [9.17, 15) is 13.2 Å². The lowest BCUT2D eigenvalue weighted by Gasteiger charge is -2.23. The number of carbonyl (C=O) groups excluding carboxylic acids is 1. The molecule has 1 N–H and O–H groups in total. The molecule has 0 spiro atoms. The van der Waals surface area contributed by atoms with Gasteiger partial charge in [-0.15, -0.1) is 0 Å². The predicted molar refractivity (Wildman–Crippen MR) is 153 cm³/mol. The Balaban J connectivity index is 1.55. The van der Waals surface area contributed by atoms with Gasteiger partial charge in [-0.1, -0.05) is 35.9 Å². The molecule has 7 nitrogen and oxygen atoms in total. The van der Waals surface area contributed by atoms with Gasteiger partial charge in [-0.25, -0.2) is 13.8 Å². The van der Waals surface area contributed by atoms with E-state index in [0.29, 0.717) is 10.7 Å². The number of halogens is 1. The maximum absolute atomic E-state index is 13.4. The van der Waals surface area contributed by atoms with E-state index in [-0.39, 0.29) is 4.90 Å². The van der Waals surface area contributed by atoms with Crippen LogP contribution in [0, 0.1) is 27.7 Å². The van der Waals surface area contributed by atoms with Gasteiger partial charge in [0.2, 0.25) is 0 Å². The van der Waals surface area contributed by atoms with Crippen LogP contribution in [0.2, 0.25) is 5.02 Å². The number of amides is 1. The Bertz CT molecular complexity index is 1570. The number of nitrogens with one attached hydrogen (secondary N) is 1. The molecule has 0 saturated carbocycles. The molecule has 0 unspecified atom stereocenters. The standard InChI is InChI=1S/C29H29ClN4O3S/c1-20-14-21(2)16-27(15-20)34-22(3)17-24(23(34)4)18-31-32-29(35)19-33(26-12-10-25(30)11-13-26)38(36,37)28-8-6-5-7-9-28/h5-18H,19H2,1-4H3,(H,32,35)/b31-18-. The lowest BCUT2D eigenvalue weighted by Crippen LogP contribution is -2.39. The van der Waals surface area contributed by atoms with Crippen molar-refractivity contribution in [1.82, 2.24) is 9.99 Å². The van der Waals surface area contributed by atoms with Crippen LogP contribution in [0.3, 0.4) is 0 Å². The van der Waals surface area contributed by atoms with Crippen molar-refractivity contribution in [2.45, 2.75) is 32.6 Å². The number of benzene rings is 3. The maximum Gasteiger partial charge on any atom is 0.264 e. The number of hydrogen-bond acceptors (Lipinski definition) is 4. The minimum Gasteiger partial charge on any atom is -0.318 e. The van der Waals surface area contributed by atoms with Gasteiger partial charge in [0.15, 0.2) is 0 Å². The van der Waals surface area contributed by atoms with Crippen molar-refractivity contribution in [2.75, 3.05) is 10.8 Å². The van der Waals surface area contributed by atoms with E-state index in [1.165, 1.54) is 23.3 Å². The summed E-state index contributed by atoms with van der Waals surface area (Å²) in [6.45, 7) is 7.67. The van der Waals surface area contributed by atoms with Gasteiger partial charge >= 0.3 is 0 Å². The van der Waals surface area contributed by atoms with Crippen LogP contribution in [0.4, 0.5) is 5.69 Å². The van der Waals surface area contributed by atoms with Crippen LogP contribution in [-0.2, 0) is 14.8 Å². The summed E-state index contributed by atoms with van der Waals surface area (Å²) in [6, 6.07) is 22.6. The molecule has 0 radical (unpaired) electrons. The van der Waals surface area contributed by atoms with Crippen LogP contribution in [0.25, 0.3) is 5.69 Å². The molecule has 0 aliphatic heterocycles. The molecule has 0 aliphatic rings. The zero-order chi connectivity index (χ0) is 27.4. The Hall–Kier alpha value is -3.88. The molecule has 196 valence electrons. The molecule has 0 atom stereocenters. The monoisotopic (exact) mass is 548 g/mol. The SMILES string of the molecule is Cc1cc(C)cc(-n2c(C)cc(/C=N\NC(=O)CN(c3ccc(Cl)cc3)S(=O)(=O)c3ccccc3)c2C)c1. The van der Waals surface area contributed by atoms with E-state index in [0.717, 1.165) is 26.9 Å². The Morgan fingerprint density at radius 3 is 2.21 bits per heavy atom. The molecular formula is C29H29ClN4O3S. The second-order valence-electron chi connectivity index (χ2n) is 9.10. The third-order valence-corrected chi connectivity index (χ3v) is 8.10. The molecule has 0 bridgehead atoms. The van der Waals surface area contributed by atoms with E-state index in [1.807, 2.05) is 19.9 Å². The number of rotatable bonds is 8. The third kappa shape index (κ3) is 5.98. The Morgan fingerprint density at radius 2 is 1.58 bits per heavy atom. The number of nitrogens with zero attached hydrogens (tertiary/aromatic N) is 3. The lowest BCUT2D eigenvalue weighted by atomic mass is 10.1. The summed E-state index contributed by atoms with van der Waals surface area (Å²) >= 11 is 5.99. The minimum atomic E-state index is -4.01. The van der Waals surface area contributed by atoms with Crippen LogP contribution >= 0.6 is 11.6 Å². The van der Waals surface area contributed by atoms with Crippen molar-refractivity contribution in [1.29, 1.82) is 0 Å². The largest absolute Gasteiger partial charge is 0.318 e. The van der Waals surface area contributed by atoms with Gasteiger partial charge < -0.3 is 4.57 Å². The smallest absolute Gasteiger partial charge is 0.264 e. The van der Waals surface area contributed by atoms with Gasteiger partial charge in [-0.05, 0) is 93.4 Å². The van der Waals surface area contributed by atoms with Crippen molar-refractivity contribution in [3.05, 3.63) is 112 Å². The van der Waals surface area contributed by atoms with Crippen molar-refractivity contribution >= 4 is 39.4 Å². The van der Waals surface area contributed by atoms with E-state index in [2.05, 4.69) is 47.1 Å². The molecule has 9 heteroatoms. The molecule has 1 heterocycles. The molecule has 38 heavy (non-hydrogen) atoms. The van der Waals surface area contributed by atoms with Gasteiger partial charge in [0, 0.05) is 27.7 Å². The normalized spacial score (nSPS) is 11.6. The van der Waals surface area contributed by atoms with E-state index >= 15 is 0 Å². The van der Waals surface area contributed by atoms with Crippen molar-refractivity contribution in [3.8, 4) is 5.69 Å². The maximum atomic E-state index is 13.4. The van der Waals surface area contributed by atoms with Gasteiger partial charge in [0.1, 0.15) is 6.54 Å². The molecule has 1 aromatic heterocycles. The summed E-state index contributed by atoms with van der Waals surface area (Å²) in [6.07, 6.45) is 1.57. The van der Waals surface area contributed by atoms with Crippen LogP contribution in [0.5, 0.6) is 0 Å². The van der Waals surface area contributed by atoms with Crippen molar-refractivity contribution in [3.63, 3.8) is 0 Å². The van der Waals surface area contributed by atoms with E-state index in [1.54, 1.807) is 48.7 Å². The summed E-state index contributed by atoms with van der Waals surface area (Å²) < 4.78 is 29.9. The van der Waals surface area contributed by atoms with Crippen molar-refractivity contribution < 1.29 is 13.2 Å². The Labute approximate surface area is 228 Å². The van der Waals surface area contributed by atoms with Gasteiger partial charge in [-0.2, -0.15) is 5.10 Å². The number of anilines is 1. The number of aromatic nitrogens is 1. The third-order valence-electron chi connectivity index (χ3n) is 6.06. The predicted octanol–water partition coefficient (Wildman–Crippen LogP) is 5.71. The molecule has 0 fully saturated rings. The molecule has 0 saturated heterocycles. The first kappa shape index (κ1) is 27.2. The van der Waals surface area contributed by atoms with Crippen LogP contribution in [0.1, 0.15) is 28.1 Å². The summed E-state index contributed by atoms with van der Waals surface area (Å²) in [5, 5.41) is 4.58. The Morgan fingerprint density at radius 1 is 0.947 bits per heavy atom. The highest BCUT2D eigenvalue weighted by Crippen LogP contribution is 2.25.